The van der Waals surface area contributed by atoms with Crippen molar-refractivity contribution in [2.45, 2.75) is 13.8 Å². The molecule has 3 aromatic rings. The molecule has 0 amide bonds. The van der Waals surface area contributed by atoms with Crippen molar-refractivity contribution in [3.8, 4) is 11.6 Å². The summed E-state index contributed by atoms with van der Waals surface area (Å²) in [6.07, 6.45) is 0. The highest BCUT2D eigenvalue weighted by atomic mass is 16.3. The highest BCUT2D eigenvalue weighted by Gasteiger charge is 2.42. The van der Waals surface area contributed by atoms with E-state index in [4.69, 9.17) is 0 Å². The fourth-order valence-corrected chi connectivity index (χ4v) is 3.96. The third-order valence-corrected chi connectivity index (χ3v) is 5.48. The molecule has 1 aliphatic heterocycles. The van der Waals surface area contributed by atoms with E-state index in [1.165, 1.54) is 9.37 Å². The van der Waals surface area contributed by atoms with Gasteiger partial charge in [-0.1, -0.05) is 42.2 Å². The number of aliphatic hydroxyl groups excluding tert-OH is 1. The summed E-state index contributed by atoms with van der Waals surface area (Å²) in [6.45, 7) is 3.24. The van der Waals surface area contributed by atoms with Crippen LogP contribution in [0.2, 0.25) is 0 Å². The second-order valence-electron chi connectivity index (χ2n) is 7.47. The third kappa shape index (κ3) is 2.70. The molecule has 158 valence electrons. The molecule has 0 unspecified atom stereocenters. The molecule has 1 aliphatic carbocycles. The summed E-state index contributed by atoms with van der Waals surface area (Å²) < 4.78 is 2.57. The molecule has 1 aromatic heterocycles. The van der Waals surface area contributed by atoms with Crippen LogP contribution >= 0.6 is 0 Å². The first-order chi connectivity index (χ1) is 15.4. The van der Waals surface area contributed by atoms with Crippen LogP contribution in [0.3, 0.4) is 0 Å². The van der Waals surface area contributed by atoms with Crippen LogP contribution in [0, 0.1) is 6.92 Å². The number of benzene rings is 2. The predicted molar refractivity (Wildman–Crippen MR) is 116 cm³/mol. The van der Waals surface area contributed by atoms with Crippen LogP contribution in [0.1, 0.15) is 18.2 Å². The van der Waals surface area contributed by atoms with E-state index in [1.807, 2.05) is 12.1 Å². The fraction of sp³-hybridized carbons (Fsp3) is 0.0833. The van der Waals surface area contributed by atoms with Gasteiger partial charge in [0.2, 0.25) is 11.6 Å². The lowest BCUT2D eigenvalue weighted by Crippen LogP contribution is -2.33. The number of carbonyl (C=O) groups excluding carboxylic acids is 1. The van der Waals surface area contributed by atoms with Crippen LogP contribution in [0.5, 0.6) is 5.88 Å². The predicted octanol–water partition coefficient (Wildman–Crippen LogP) is 2.53. The SMILES string of the molecule is CC1=N[N+](c2ccccc2)=C(O)/C1=C1/C(=O)C(c2c(C)nn(-c3ccccc3)c2O)=C1[O-]. The molecule has 5 rings (SSSR count). The molecule has 8 nitrogen and oxygen atoms in total. The number of hydrazone groups is 1. The van der Waals surface area contributed by atoms with Crippen LogP contribution in [0.15, 0.2) is 82.7 Å². The largest absolute Gasteiger partial charge is 0.871 e. The second-order valence-corrected chi connectivity index (χ2v) is 7.47. The summed E-state index contributed by atoms with van der Waals surface area (Å²) in [5, 5.41) is 43.2. The molecule has 0 saturated carbocycles. The molecule has 0 saturated heterocycles. The number of ketones is 1. The molecule has 2 heterocycles. The molecule has 2 aliphatic rings. The highest BCUT2D eigenvalue weighted by molar-refractivity contribution is 6.43. The number of rotatable bonds is 3. The smallest absolute Gasteiger partial charge is 0.407 e. The number of allylic oxidation sites excluding steroid dienone is 2. The van der Waals surface area contributed by atoms with Crippen molar-refractivity contribution in [2.24, 2.45) is 5.10 Å². The summed E-state index contributed by atoms with van der Waals surface area (Å²) in [4.78, 5) is 13.1. The molecule has 0 atom stereocenters. The van der Waals surface area contributed by atoms with E-state index in [0.29, 0.717) is 22.8 Å². The summed E-state index contributed by atoms with van der Waals surface area (Å²) in [6, 6.07) is 17.8. The minimum atomic E-state index is -0.563. The Morgan fingerprint density at radius 1 is 0.906 bits per heavy atom. The van der Waals surface area contributed by atoms with Crippen LogP contribution in [0.25, 0.3) is 11.3 Å². The van der Waals surface area contributed by atoms with Crippen LogP contribution in [-0.2, 0) is 4.79 Å². The van der Waals surface area contributed by atoms with Gasteiger partial charge in [0.15, 0.2) is 5.78 Å². The minimum absolute atomic E-state index is 0.0974. The van der Waals surface area contributed by atoms with Gasteiger partial charge < -0.3 is 15.3 Å². The highest BCUT2D eigenvalue weighted by Crippen LogP contribution is 2.42. The van der Waals surface area contributed by atoms with E-state index in [-0.39, 0.29) is 34.1 Å². The van der Waals surface area contributed by atoms with Crippen molar-refractivity contribution in [1.29, 1.82) is 0 Å². The van der Waals surface area contributed by atoms with E-state index in [1.54, 1.807) is 62.4 Å². The lowest BCUT2D eigenvalue weighted by Gasteiger charge is -2.30. The average molecular weight is 426 g/mol. The van der Waals surface area contributed by atoms with E-state index in [9.17, 15) is 20.1 Å². The maximum absolute atomic E-state index is 13.1. The Morgan fingerprint density at radius 2 is 1.53 bits per heavy atom. The zero-order chi connectivity index (χ0) is 22.6. The van der Waals surface area contributed by atoms with Gasteiger partial charge >= 0.3 is 5.90 Å². The minimum Gasteiger partial charge on any atom is -0.871 e. The number of Topliss-reactive ketones (excluding diaryl/α,β-unsaturated/α-hetero) is 1. The lowest BCUT2D eigenvalue weighted by molar-refractivity contribution is -0.450. The summed E-state index contributed by atoms with van der Waals surface area (Å²) in [5.41, 5.74) is 1.79. The second kappa shape index (κ2) is 7.05. The number of hydrogen-bond donors (Lipinski definition) is 2. The first-order valence-corrected chi connectivity index (χ1v) is 9.92. The topological polar surface area (TPSA) is 114 Å². The summed E-state index contributed by atoms with van der Waals surface area (Å²) in [5.74, 6) is -1.70. The van der Waals surface area contributed by atoms with Crippen molar-refractivity contribution in [2.75, 3.05) is 0 Å². The van der Waals surface area contributed by atoms with E-state index >= 15 is 0 Å². The average Bonchev–Trinajstić information content (AvgIpc) is 3.26. The van der Waals surface area contributed by atoms with Crippen molar-refractivity contribution in [3.63, 3.8) is 0 Å². The van der Waals surface area contributed by atoms with Gasteiger partial charge in [-0.25, -0.2) is 4.68 Å². The monoisotopic (exact) mass is 426 g/mol. The van der Waals surface area contributed by atoms with Crippen LogP contribution < -0.4 is 5.11 Å². The zero-order valence-electron chi connectivity index (χ0n) is 17.3. The Balaban J connectivity index is 1.63. The number of aliphatic hydroxyl groups is 1. The molecule has 2 aromatic carbocycles. The van der Waals surface area contributed by atoms with Crippen molar-refractivity contribution >= 4 is 28.7 Å². The van der Waals surface area contributed by atoms with E-state index in [2.05, 4.69) is 10.2 Å². The van der Waals surface area contributed by atoms with Gasteiger partial charge in [-0.3, -0.25) is 4.79 Å². The number of hydrogen-bond acceptors (Lipinski definition) is 5. The number of aromatic nitrogens is 2. The number of aromatic hydroxyl groups is 1. The Labute approximate surface area is 183 Å². The lowest BCUT2D eigenvalue weighted by atomic mass is 9.80. The maximum Gasteiger partial charge on any atom is 0.407 e. The van der Waals surface area contributed by atoms with Gasteiger partial charge in [0.05, 0.1) is 16.9 Å². The molecule has 8 heteroatoms. The van der Waals surface area contributed by atoms with Crippen LogP contribution in [-0.4, -0.2) is 42.1 Å². The van der Waals surface area contributed by atoms with Gasteiger partial charge in [-0.05, 0) is 30.7 Å². The normalized spacial score (nSPS) is 18.3. The van der Waals surface area contributed by atoms with Crippen LogP contribution in [0.4, 0.5) is 5.69 Å². The number of carbonyl (C=O) groups is 1. The first kappa shape index (κ1) is 19.5. The Morgan fingerprint density at radius 3 is 2.16 bits per heavy atom. The Kier molecular flexibility index (Phi) is 4.30. The van der Waals surface area contributed by atoms with Crippen molar-refractivity contribution < 1.29 is 24.8 Å². The van der Waals surface area contributed by atoms with Gasteiger partial charge in [0.25, 0.3) is 0 Å². The maximum atomic E-state index is 13.1. The standard InChI is InChI=1S/C24H18N4O4/c1-13-17(23(31)27(25-13)15-9-5-3-6-10-15)19-21(29)20(22(19)30)18-14(2)26-28(24(18)32)16-11-7-4-8-12-16/h3-12H,1-2H3,(H2,25,26,29,30,31,32). The summed E-state index contributed by atoms with van der Waals surface area (Å²) in [7, 11) is 0. The summed E-state index contributed by atoms with van der Waals surface area (Å²) >= 11 is 0. The van der Waals surface area contributed by atoms with E-state index in [0.717, 1.165) is 0 Å². The van der Waals surface area contributed by atoms with Gasteiger partial charge in [0, 0.05) is 28.4 Å². The zero-order valence-corrected chi connectivity index (χ0v) is 17.3. The molecule has 0 fully saturated rings. The van der Waals surface area contributed by atoms with Crippen molar-refractivity contribution in [3.05, 3.63) is 88.8 Å². The molecule has 2 N–H and O–H groups in total. The fourth-order valence-electron chi connectivity index (χ4n) is 3.96. The first-order valence-electron chi connectivity index (χ1n) is 9.92. The molecule has 0 spiro atoms. The number of aryl methyl sites for hydroxylation is 1. The molecule has 32 heavy (non-hydrogen) atoms. The number of para-hydroxylation sites is 2. The Hall–Kier alpha value is -4.46. The molecule has 0 radical (unpaired) electrons. The quantitative estimate of drug-likeness (QED) is 0.494. The molecular weight excluding hydrogens is 408 g/mol. The van der Waals surface area contributed by atoms with Gasteiger partial charge in [0.1, 0.15) is 11.3 Å². The Bertz CT molecular complexity index is 1410. The van der Waals surface area contributed by atoms with Gasteiger partial charge in [-0.2, -0.15) is 5.10 Å². The van der Waals surface area contributed by atoms with Gasteiger partial charge in [-0.15, -0.1) is 0 Å². The van der Waals surface area contributed by atoms with Crippen molar-refractivity contribution in [1.82, 2.24) is 9.78 Å². The molecule has 0 bridgehead atoms. The third-order valence-electron chi connectivity index (χ3n) is 5.48. The van der Waals surface area contributed by atoms with E-state index < -0.39 is 11.5 Å². The number of nitrogens with zero attached hydrogens (tertiary/aromatic N) is 4. The molecular formula is C24H18N4O4.